The third kappa shape index (κ3) is 3.64. The molecule has 7 heteroatoms. The molecule has 21 heavy (non-hydrogen) atoms. The summed E-state index contributed by atoms with van der Waals surface area (Å²) < 4.78 is 53.5. The van der Waals surface area contributed by atoms with Crippen LogP contribution >= 0.6 is 0 Å². The molecule has 0 amide bonds. The summed E-state index contributed by atoms with van der Waals surface area (Å²) >= 11 is 0. The summed E-state index contributed by atoms with van der Waals surface area (Å²) in [5.41, 5.74) is -0.843. The minimum absolute atomic E-state index is 0.115. The first kappa shape index (κ1) is 16.0. The van der Waals surface area contributed by atoms with Crippen molar-refractivity contribution < 1.29 is 22.7 Å². The number of aliphatic hydroxyl groups excluding tert-OH is 1. The Bertz CT molecular complexity index is 466. The molecule has 0 saturated heterocycles. The van der Waals surface area contributed by atoms with Gasteiger partial charge in [-0.2, -0.15) is 22.5 Å². The molecular weight excluding hydrogens is 288 g/mol. The molecule has 1 saturated carbocycles. The van der Waals surface area contributed by atoms with Crippen molar-refractivity contribution in [1.82, 2.24) is 4.98 Å². The maximum atomic E-state index is 13.6. The van der Waals surface area contributed by atoms with E-state index >= 15 is 0 Å². The Balaban J connectivity index is 2.24. The molecule has 0 bridgehead atoms. The van der Waals surface area contributed by atoms with Gasteiger partial charge in [-0.15, -0.1) is 0 Å². The minimum atomic E-state index is -1.68. The van der Waals surface area contributed by atoms with Crippen molar-refractivity contribution in [2.24, 2.45) is 5.92 Å². The molecule has 0 aromatic carbocycles. The van der Waals surface area contributed by atoms with Gasteiger partial charge in [-0.05, 0) is 25.2 Å². The third-order valence-corrected chi connectivity index (χ3v) is 3.99. The number of pyridine rings is 1. The van der Waals surface area contributed by atoms with Crippen molar-refractivity contribution >= 4 is 5.69 Å². The molecule has 1 aliphatic rings. The lowest BCUT2D eigenvalue weighted by molar-refractivity contribution is 0.238. The predicted molar refractivity (Wildman–Crippen MR) is 69.8 cm³/mol. The van der Waals surface area contributed by atoms with Crippen molar-refractivity contribution in [3.63, 3.8) is 0 Å². The van der Waals surface area contributed by atoms with Gasteiger partial charge in [-0.3, -0.25) is 0 Å². The van der Waals surface area contributed by atoms with Gasteiger partial charge in [0.05, 0.1) is 0 Å². The summed E-state index contributed by atoms with van der Waals surface area (Å²) in [7, 11) is 0. The first-order chi connectivity index (χ1) is 10.0. The second-order valence-electron chi connectivity index (χ2n) is 5.36. The van der Waals surface area contributed by atoms with Crippen LogP contribution in [0.5, 0.6) is 0 Å². The van der Waals surface area contributed by atoms with Crippen molar-refractivity contribution in [2.75, 3.05) is 11.9 Å². The van der Waals surface area contributed by atoms with Gasteiger partial charge in [-0.25, -0.2) is 0 Å². The maximum Gasteiger partial charge on any atom is 0.253 e. The van der Waals surface area contributed by atoms with Crippen molar-refractivity contribution in [2.45, 2.75) is 44.6 Å². The highest BCUT2D eigenvalue weighted by Crippen LogP contribution is 2.31. The van der Waals surface area contributed by atoms with E-state index in [1.807, 2.05) is 0 Å². The number of anilines is 1. The van der Waals surface area contributed by atoms with E-state index in [1.54, 1.807) is 0 Å². The van der Waals surface area contributed by atoms with Crippen LogP contribution in [0.15, 0.2) is 0 Å². The Kier molecular flexibility index (Phi) is 5.39. The van der Waals surface area contributed by atoms with Crippen molar-refractivity contribution in [3.8, 4) is 0 Å². The number of aliphatic hydroxyl groups is 1. The first-order valence-electron chi connectivity index (χ1n) is 7.12. The monoisotopic (exact) mass is 306 g/mol. The smallest absolute Gasteiger partial charge is 0.253 e. The molecule has 1 aromatic rings. The van der Waals surface area contributed by atoms with E-state index in [0.29, 0.717) is 0 Å². The van der Waals surface area contributed by atoms with Gasteiger partial charge in [0.1, 0.15) is 5.69 Å². The Hall–Kier alpha value is -1.37. The van der Waals surface area contributed by atoms with E-state index in [2.05, 4.69) is 10.3 Å². The maximum absolute atomic E-state index is 13.6. The van der Waals surface area contributed by atoms with E-state index in [9.17, 15) is 17.6 Å². The predicted octanol–water partition coefficient (Wildman–Crippen LogP) is 3.38. The van der Waals surface area contributed by atoms with Gasteiger partial charge in [0.2, 0.25) is 11.6 Å². The highest BCUT2D eigenvalue weighted by molar-refractivity contribution is 5.46. The van der Waals surface area contributed by atoms with Crippen LogP contribution in [0, 0.1) is 29.4 Å². The van der Waals surface area contributed by atoms with Gasteiger partial charge in [0.15, 0.2) is 0 Å². The molecule has 1 atom stereocenters. The number of halogens is 4. The molecule has 3 nitrogen and oxygen atoms in total. The highest BCUT2D eigenvalue weighted by atomic mass is 19.2. The zero-order valence-corrected chi connectivity index (χ0v) is 11.5. The molecule has 0 aliphatic heterocycles. The third-order valence-electron chi connectivity index (χ3n) is 3.99. The topological polar surface area (TPSA) is 45.1 Å². The van der Waals surface area contributed by atoms with Crippen LogP contribution in [-0.2, 0) is 0 Å². The first-order valence-corrected chi connectivity index (χ1v) is 7.12. The number of hydrogen-bond acceptors (Lipinski definition) is 3. The lowest BCUT2D eigenvalue weighted by atomic mass is 9.82. The Morgan fingerprint density at radius 3 is 2.14 bits per heavy atom. The lowest BCUT2D eigenvalue weighted by Gasteiger charge is -2.31. The van der Waals surface area contributed by atoms with Crippen LogP contribution in [0.25, 0.3) is 0 Å². The second kappa shape index (κ2) is 7.06. The Morgan fingerprint density at radius 2 is 1.62 bits per heavy atom. The quantitative estimate of drug-likeness (QED) is 0.647. The van der Waals surface area contributed by atoms with Gasteiger partial charge >= 0.3 is 0 Å². The molecule has 1 fully saturated rings. The van der Waals surface area contributed by atoms with E-state index in [4.69, 9.17) is 5.11 Å². The molecule has 0 unspecified atom stereocenters. The number of nitrogens with zero attached hydrogens (tertiary/aromatic N) is 1. The van der Waals surface area contributed by atoms with Crippen molar-refractivity contribution in [1.29, 1.82) is 0 Å². The molecule has 0 spiro atoms. The molecular formula is C14H18F4N2O. The fourth-order valence-electron chi connectivity index (χ4n) is 2.90. The summed E-state index contributed by atoms with van der Waals surface area (Å²) in [6.07, 6.45) is 5.07. The molecule has 1 aliphatic carbocycles. The van der Waals surface area contributed by atoms with Crippen molar-refractivity contribution in [3.05, 3.63) is 23.5 Å². The second-order valence-corrected chi connectivity index (χ2v) is 5.36. The lowest BCUT2D eigenvalue weighted by Crippen LogP contribution is -2.32. The SMILES string of the molecule is OCC[C@@H](Nc1c(F)c(F)nc(F)c1F)C1CCCCC1. The van der Waals surface area contributed by atoms with Crippen LogP contribution in [-0.4, -0.2) is 22.7 Å². The molecule has 1 aromatic heterocycles. The number of hydrogen-bond donors (Lipinski definition) is 2. The van der Waals surface area contributed by atoms with Crippen LogP contribution in [0.3, 0.4) is 0 Å². The van der Waals surface area contributed by atoms with Crippen LogP contribution in [0.1, 0.15) is 38.5 Å². The van der Waals surface area contributed by atoms with Crippen LogP contribution in [0.2, 0.25) is 0 Å². The summed E-state index contributed by atoms with van der Waals surface area (Å²) in [5, 5.41) is 11.6. The molecule has 2 N–H and O–H groups in total. The van der Waals surface area contributed by atoms with Crippen LogP contribution in [0.4, 0.5) is 23.2 Å². The normalized spacial score (nSPS) is 17.8. The Labute approximate surface area is 120 Å². The molecule has 2 rings (SSSR count). The Morgan fingerprint density at radius 1 is 1.05 bits per heavy atom. The molecule has 1 heterocycles. The van der Waals surface area contributed by atoms with E-state index in [1.165, 1.54) is 0 Å². The summed E-state index contributed by atoms with van der Waals surface area (Å²) in [6, 6.07) is -0.430. The number of rotatable bonds is 5. The average molecular weight is 306 g/mol. The van der Waals surface area contributed by atoms with Gasteiger partial charge in [0.25, 0.3) is 11.9 Å². The van der Waals surface area contributed by atoms with Gasteiger partial charge in [0, 0.05) is 12.6 Å². The zero-order chi connectivity index (χ0) is 15.4. The number of aromatic nitrogens is 1. The summed E-state index contributed by atoms with van der Waals surface area (Å²) in [6.45, 7) is -0.173. The fraction of sp³-hybridized carbons (Fsp3) is 0.643. The summed E-state index contributed by atoms with van der Waals surface area (Å²) in [5.74, 6) is -6.31. The highest BCUT2D eigenvalue weighted by Gasteiger charge is 2.27. The van der Waals surface area contributed by atoms with E-state index in [0.717, 1.165) is 32.1 Å². The minimum Gasteiger partial charge on any atom is -0.396 e. The number of nitrogens with one attached hydrogen (secondary N) is 1. The molecule has 118 valence electrons. The fourth-order valence-corrected chi connectivity index (χ4v) is 2.90. The van der Waals surface area contributed by atoms with Crippen LogP contribution < -0.4 is 5.32 Å². The largest absolute Gasteiger partial charge is 0.396 e. The standard InChI is InChI=1S/C14H18F4N2O/c15-10-12(11(16)14(18)20-13(10)17)19-9(6-7-21)8-4-2-1-3-5-8/h8-9,21H,1-7H2,(H,19,20)/t9-/m1/s1. The summed E-state index contributed by atoms with van der Waals surface area (Å²) in [4.78, 5) is 2.53. The van der Waals surface area contributed by atoms with E-state index in [-0.39, 0.29) is 18.9 Å². The van der Waals surface area contributed by atoms with Gasteiger partial charge in [-0.1, -0.05) is 19.3 Å². The zero-order valence-electron chi connectivity index (χ0n) is 11.5. The average Bonchev–Trinajstić information content (AvgIpc) is 2.49. The van der Waals surface area contributed by atoms with Gasteiger partial charge < -0.3 is 10.4 Å². The van der Waals surface area contributed by atoms with E-state index < -0.39 is 35.3 Å². The molecule has 0 radical (unpaired) electrons.